The van der Waals surface area contributed by atoms with Gasteiger partial charge in [-0.2, -0.15) is 13.2 Å². The number of amides is 1. The first-order valence-corrected chi connectivity index (χ1v) is 8.23. The van der Waals surface area contributed by atoms with Gasteiger partial charge in [0.05, 0.1) is 10.6 Å². The van der Waals surface area contributed by atoms with Crippen LogP contribution >= 0.6 is 11.6 Å². The van der Waals surface area contributed by atoms with Crippen molar-refractivity contribution in [1.29, 1.82) is 0 Å². The quantitative estimate of drug-likeness (QED) is 0.818. The van der Waals surface area contributed by atoms with Crippen LogP contribution in [0.15, 0.2) is 12.3 Å². The molecular formula is C16H21ClF3N3O. The van der Waals surface area contributed by atoms with Crippen LogP contribution in [-0.4, -0.2) is 42.0 Å². The second-order valence-electron chi connectivity index (χ2n) is 6.35. The summed E-state index contributed by atoms with van der Waals surface area (Å²) in [6, 6.07) is 1.04. The molecule has 0 aliphatic carbocycles. The summed E-state index contributed by atoms with van der Waals surface area (Å²) in [5.41, 5.74) is -0.853. The van der Waals surface area contributed by atoms with Crippen LogP contribution in [0.5, 0.6) is 0 Å². The maximum Gasteiger partial charge on any atom is 0.417 e. The monoisotopic (exact) mass is 363 g/mol. The van der Waals surface area contributed by atoms with Gasteiger partial charge in [-0.15, -0.1) is 0 Å². The third-order valence-corrected chi connectivity index (χ3v) is 4.58. The van der Waals surface area contributed by atoms with E-state index in [1.54, 1.807) is 11.9 Å². The smallest absolute Gasteiger partial charge is 0.355 e. The molecule has 2 heterocycles. The Morgan fingerprint density at radius 3 is 2.42 bits per heavy atom. The van der Waals surface area contributed by atoms with Crippen LogP contribution < -0.4 is 4.90 Å². The summed E-state index contributed by atoms with van der Waals surface area (Å²) >= 11 is 5.99. The van der Waals surface area contributed by atoms with Crippen molar-refractivity contribution in [3.8, 4) is 0 Å². The third kappa shape index (κ3) is 4.12. The van der Waals surface area contributed by atoms with Crippen molar-refractivity contribution in [3.63, 3.8) is 0 Å². The molecular weight excluding hydrogens is 343 g/mol. The normalized spacial score (nSPS) is 16.6. The number of pyridine rings is 1. The second-order valence-corrected chi connectivity index (χ2v) is 6.76. The minimum atomic E-state index is -4.46. The van der Waals surface area contributed by atoms with Crippen LogP contribution in [0.1, 0.15) is 32.3 Å². The molecule has 1 amide bonds. The number of rotatable bonds is 3. The van der Waals surface area contributed by atoms with Gasteiger partial charge in [0.1, 0.15) is 5.82 Å². The number of piperidine rings is 1. The molecule has 0 spiro atoms. The van der Waals surface area contributed by atoms with E-state index in [0.29, 0.717) is 18.9 Å². The third-order valence-electron chi connectivity index (χ3n) is 4.30. The lowest BCUT2D eigenvalue weighted by Gasteiger charge is -2.38. The Morgan fingerprint density at radius 1 is 1.38 bits per heavy atom. The number of halogens is 4. The van der Waals surface area contributed by atoms with E-state index in [0.717, 1.165) is 25.1 Å². The molecule has 134 valence electrons. The summed E-state index contributed by atoms with van der Waals surface area (Å²) in [7, 11) is 1.80. The molecule has 1 aliphatic rings. The maximum atomic E-state index is 12.7. The highest BCUT2D eigenvalue weighted by Gasteiger charge is 2.33. The summed E-state index contributed by atoms with van der Waals surface area (Å²) in [4.78, 5) is 19.6. The highest BCUT2D eigenvalue weighted by molar-refractivity contribution is 6.33. The fraction of sp³-hybridized carbons (Fsp3) is 0.625. The van der Waals surface area contributed by atoms with Gasteiger partial charge in [0.15, 0.2) is 0 Å². The van der Waals surface area contributed by atoms with E-state index >= 15 is 0 Å². The Balaban J connectivity index is 2.04. The number of hydrogen-bond donors (Lipinski definition) is 0. The van der Waals surface area contributed by atoms with Gasteiger partial charge >= 0.3 is 6.18 Å². The van der Waals surface area contributed by atoms with Crippen LogP contribution in [0.25, 0.3) is 0 Å². The molecule has 4 nitrogen and oxygen atoms in total. The lowest BCUT2D eigenvalue weighted by atomic mass is 10.0. The van der Waals surface area contributed by atoms with Gasteiger partial charge in [-0.05, 0) is 18.9 Å². The van der Waals surface area contributed by atoms with E-state index in [4.69, 9.17) is 11.6 Å². The zero-order valence-electron chi connectivity index (χ0n) is 13.9. The molecule has 1 aliphatic heterocycles. The molecule has 1 aromatic rings. The van der Waals surface area contributed by atoms with Gasteiger partial charge < -0.3 is 9.80 Å². The predicted octanol–water partition coefficient (Wildman–Crippen LogP) is 3.84. The number of anilines is 1. The topological polar surface area (TPSA) is 36.4 Å². The van der Waals surface area contributed by atoms with Crippen LogP contribution in [-0.2, 0) is 11.0 Å². The first-order valence-electron chi connectivity index (χ1n) is 7.85. The molecule has 24 heavy (non-hydrogen) atoms. The van der Waals surface area contributed by atoms with Gasteiger partial charge in [0, 0.05) is 38.3 Å². The molecule has 0 saturated carbocycles. The molecule has 0 aromatic carbocycles. The highest BCUT2D eigenvalue weighted by atomic mass is 35.5. The first kappa shape index (κ1) is 18.8. The van der Waals surface area contributed by atoms with Crippen molar-refractivity contribution < 1.29 is 18.0 Å². The number of alkyl halides is 3. The molecule has 2 rings (SSSR count). The van der Waals surface area contributed by atoms with Crippen molar-refractivity contribution in [2.45, 2.75) is 38.9 Å². The SMILES string of the molecule is CC(C)C(=O)N(C)C1CCN(c2ncc(C(F)(F)F)cc2Cl)CC1. The largest absolute Gasteiger partial charge is 0.417 e. The Kier molecular flexibility index (Phi) is 5.63. The molecule has 1 aromatic heterocycles. The minimum Gasteiger partial charge on any atom is -0.355 e. The molecule has 0 radical (unpaired) electrons. The molecule has 0 unspecified atom stereocenters. The van der Waals surface area contributed by atoms with E-state index < -0.39 is 11.7 Å². The van der Waals surface area contributed by atoms with Crippen molar-refractivity contribution in [3.05, 3.63) is 22.8 Å². The molecule has 0 bridgehead atoms. The summed E-state index contributed by atoms with van der Waals surface area (Å²) in [6.07, 6.45) is -2.19. The molecule has 8 heteroatoms. The fourth-order valence-corrected chi connectivity index (χ4v) is 3.16. The predicted molar refractivity (Wildman–Crippen MR) is 87.1 cm³/mol. The summed E-state index contributed by atoms with van der Waals surface area (Å²) < 4.78 is 38.0. The average molecular weight is 364 g/mol. The van der Waals surface area contributed by atoms with E-state index in [-0.39, 0.29) is 22.9 Å². The lowest BCUT2D eigenvalue weighted by Crippen LogP contribution is -2.47. The molecule has 0 atom stereocenters. The van der Waals surface area contributed by atoms with E-state index in [1.807, 2.05) is 18.7 Å². The van der Waals surface area contributed by atoms with E-state index in [1.165, 1.54) is 0 Å². The summed E-state index contributed by atoms with van der Waals surface area (Å²) in [5.74, 6) is 0.402. The van der Waals surface area contributed by atoms with Gasteiger partial charge in [-0.3, -0.25) is 4.79 Å². The molecule has 0 N–H and O–H groups in total. The zero-order valence-corrected chi connectivity index (χ0v) is 14.7. The Hall–Kier alpha value is -1.50. The van der Waals surface area contributed by atoms with Crippen molar-refractivity contribution in [2.24, 2.45) is 5.92 Å². The van der Waals surface area contributed by atoms with Crippen LogP contribution in [0.3, 0.4) is 0 Å². The zero-order chi connectivity index (χ0) is 18.1. The first-order chi connectivity index (χ1) is 11.1. The summed E-state index contributed by atoms with van der Waals surface area (Å²) in [5, 5.41) is -0.00473. The average Bonchev–Trinajstić information content (AvgIpc) is 2.52. The number of aromatic nitrogens is 1. The van der Waals surface area contributed by atoms with Gasteiger partial charge in [-0.1, -0.05) is 25.4 Å². The Morgan fingerprint density at radius 2 is 1.96 bits per heavy atom. The Labute approximate surface area is 144 Å². The number of carbonyl (C=O) groups is 1. The summed E-state index contributed by atoms with van der Waals surface area (Å²) in [6.45, 7) is 4.91. The van der Waals surface area contributed by atoms with Crippen molar-refractivity contribution in [1.82, 2.24) is 9.88 Å². The standard InChI is InChI=1S/C16H21ClF3N3O/c1-10(2)15(24)22(3)12-4-6-23(7-5-12)14-13(17)8-11(9-21-14)16(18,19)20/h8-10,12H,4-7H2,1-3H3. The molecule has 1 saturated heterocycles. The van der Waals surface area contributed by atoms with Crippen molar-refractivity contribution in [2.75, 3.05) is 25.0 Å². The maximum absolute atomic E-state index is 12.7. The van der Waals surface area contributed by atoms with Gasteiger partial charge in [0.25, 0.3) is 0 Å². The lowest BCUT2D eigenvalue weighted by molar-refractivity contribution is -0.138. The second kappa shape index (κ2) is 7.17. The van der Waals surface area contributed by atoms with Crippen LogP contribution in [0.4, 0.5) is 19.0 Å². The van der Waals surface area contributed by atoms with Gasteiger partial charge in [0.2, 0.25) is 5.91 Å². The van der Waals surface area contributed by atoms with Crippen LogP contribution in [0.2, 0.25) is 5.02 Å². The number of carbonyl (C=O) groups excluding carboxylic acids is 1. The van der Waals surface area contributed by atoms with Crippen molar-refractivity contribution >= 4 is 23.3 Å². The highest BCUT2D eigenvalue weighted by Crippen LogP contribution is 2.34. The number of nitrogens with zero attached hydrogens (tertiary/aromatic N) is 3. The Bertz CT molecular complexity index is 599. The van der Waals surface area contributed by atoms with Crippen LogP contribution in [0, 0.1) is 5.92 Å². The molecule has 1 fully saturated rings. The number of hydrogen-bond acceptors (Lipinski definition) is 3. The minimum absolute atomic E-state index is 0.00473. The van der Waals surface area contributed by atoms with E-state index in [9.17, 15) is 18.0 Å². The van der Waals surface area contributed by atoms with Gasteiger partial charge in [-0.25, -0.2) is 4.98 Å². The fourth-order valence-electron chi connectivity index (χ4n) is 2.87. The van der Waals surface area contributed by atoms with E-state index in [2.05, 4.69) is 4.98 Å².